The Morgan fingerprint density at radius 2 is 1.14 bits per heavy atom. The fourth-order valence-corrected chi connectivity index (χ4v) is 3.13. The number of carbonyl (C=O) groups excluding carboxylic acids is 1. The van der Waals surface area contributed by atoms with Gasteiger partial charge in [0.2, 0.25) is 0 Å². The fraction of sp³-hybridized carbons (Fsp3) is 0. The molecule has 0 aliphatic heterocycles. The maximum absolute atomic E-state index is 12.2. The molecule has 0 bridgehead atoms. The molecule has 1 amide bonds. The Morgan fingerprint density at radius 1 is 0.714 bits per heavy atom. The van der Waals surface area contributed by atoms with Gasteiger partial charge in [-0.1, -0.05) is 11.8 Å². The largest absolute Gasteiger partial charge is 0.322 e. The number of non-ortho nitro benzene ring substituents is 2. The van der Waals surface area contributed by atoms with Gasteiger partial charge in [-0.15, -0.1) is 0 Å². The molecule has 0 aliphatic carbocycles. The lowest BCUT2D eigenvalue weighted by molar-refractivity contribution is -0.385. The van der Waals surface area contributed by atoms with E-state index in [0.29, 0.717) is 11.3 Å². The molecule has 0 unspecified atom stereocenters. The third-order valence-corrected chi connectivity index (χ3v) is 4.75. The highest BCUT2D eigenvalue weighted by molar-refractivity contribution is 7.99. The Kier molecular flexibility index (Phi) is 5.66. The van der Waals surface area contributed by atoms with Crippen LogP contribution in [0.25, 0.3) is 0 Å². The van der Waals surface area contributed by atoms with Gasteiger partial charge < -0.3 is 5.32 Å². The van der Waals surface area contributed by atoms with Crippen molar-refractivity contribution >= 4 is 34.7 Å². The van der Waals surface area contributed by atoms with Crippen molar-refractivity contribution in [2.75, 3.05) is 5.32 Å². The topological polar surface area (TPSA) is 115 Å². The second kappa shape index (κ2) is 8.31. The van der Waals surface area contributed by atoms with Crippen LogP contribution in [0.2, 0.25) is 0 Å². The molecule has 28 heavy (non-hydrogen) atoms. The predicted octanol–water partition coefficient (Wildman–Crippen LogP) is 4.91. The van der Waals surface area contributed by atoms with Crippen LogP contribution in [0.5, 0.6) is 0 Å². The number of carbonyl (C=O) groups is 1. The summed E-state index contributed by atoms with van der Waals surface area (Å²) >= 11 is 1.44. The van der Waals surface area contributed by atoms with Gasteiger partial charge in [0.05, 0.1) is 9.85 Å². The quantitative estimate of drug-likeness (QED) is 0.468. The number of amides is 1. The zero-order valence-corrected chi connectivity index (χ0v) is 15.1. The Hall–Kier alpha value is -3.72. The van der Waals surface area contributed by atoms with Crippen LogP contribution in [0.15, 0.2) is 82.6 Å². The number of anilines is 1. The van der Waals surface area contributed by atoms with Crippen LogP contribution in [-0.2, 0) is 0 Å². The summed E-state index contributed by atoms with van der Waals surface area (Å²) in [5.41, 5.74) is 0.851. The maximum Gasteiger partial charge on any atom is 0.269 e. The molecule has 140 valence electrons. The van der Waals surface area contributed by atoms with E-state index in [0.717, 1.165) is 9.79 Å². The van der Waals surface area contributed by atoms with Crippen LogP contribution in [0, 0.1) is 20.2 Å². The average Bonchev–Trinajstić information content (AvgIpc) is 2.70. The molecular formula is C19H13N3O5S. The zero-order valence-electron chi connectivity index (χ0n) is 14.3. The van der Waals surface area contributed by atoms with E-state index in [1.54, 1.807) is 24.3 Å². The SMILES string of the molecule is O=C(Nc1ccc(Sc2ccc([N+](=O)[O-])cc2)cc1)c1ccc([N+](=O)[O-])cc1. The summed E-state index contributed by atoms with van der Waals surface area (Å²) in [5, 5.41) is 24.1. The monoisotopic (exact) mass is 395 g/mol. The average molecular weight is 395 g/mol. The molecule has 0 heterocycles. The van der Waals surface area contributed by atoms with E-state index in [2.05, 4.69) is 5.32 Å². The smallest absolute Gasteiger partial charge is 0.269 e. The minimum Gasteiger partial charge on any atom is -0.322 e. The standard InChI is InChI=1S/C19H13N3O5S/c23-19(13-1-5-15(6-2-13)21(24)25)20-14-3-9-17(10-4-14)28-18-11-7-16(8-12-18)22(26)27/h1-12H,(H,20,23). The van der Waals surface area contributed by atoms with E-state index in [1.165, 1.54) is 48.2 Å². The molecule has 0 saturated carbocycles. The molecular weight excluding hydrogens is 382 g/mol. The number of hydrogen-bond donors (Lipinski definition) is 1. The molecule has 3 aromatic rings. The molecule has 3 aromatic carbocycles. The second-order valence-electron chi connectivity index (χ2n) is 5.64. The van der Waals surface area contributed by atoms with Gasteiger partial charge in [-0.25, -0.2) is 0 Å². The van der Waals surface area contributed by atoms with Gasteiger partial charge in [0, 0.05) is 45.3 Å². The van der Waals surface area contributed by atoms with Crippen molar-refractivity contribution in [1.82, 2.24) is 0 Å². The summed E-state index contributed by atoms with van der Waals surface area (Å²) in [6.45, 7) is 0. The first-order valence-corrected chi connectivity index (χ1v) is 8.82. The maximum atomic E-state index is 12.2. The Morgan fingerprint density at radius 3 is 1.61 bits per heavy atom. The zero-order chi connectivity index (χ0) is 20.1. The van der Waals surface area contributed by atoms with Crippen molar-refractivity contribution in [2.45, 2.75) is 9.79 Å². The molecule has 8 nitrogen and oxygen atoms in total. The number of benzene rings is 3. The van der Waals surface area contributed by atoms with E-state index in [-0.39, 0.29) is 17.3 Å². The van der Waals surface area contributed by atoms with Crippen molar-refractivity contribution in [3.63, 3.8) is 0 Å². The van der Waals surface area contributed by atoms with Gasteiger partial charge >= 0.3 is 0 Å². The van der Waals surface area contributed by atoms with Gasteiger partial charge in [0.25, 0.3) is 17.3 Å². The third-order valence-electron chi connectivity index (χ3n) is 3.74. The van der Waals surface area contributed by atoms with Crippen LogP contribution >= 0.6 is 11.8 Å². The van der Waals surface area contributed by atoms with Crippen molar-refractivity contribution in [3.05, 3.63) is 98.6 Å². The van der Waals surface area contributed by atoms with Gasteiger partial charge in [0.15, 0.2) is 0 Å². The summed E-state index contributed by atoms with van der Waals surface area (Å²) < 4.78 is 0. The van der Waals surface area contributed by atoms with Crippen LogP contribution in [0.3, 0.4) is 0 Å². The lowest BCUT2D eigenvalue weighted by Gasteiger charge is -2.07. The highest BCUT2D eigenvalue weighted by atomic mass is 32.2. The number of nitrogens with one attached hydrogen (secondary N) is 1. The van der Waals surface area contributed by atoms with E-state index < -0.39 is 9.85 Å². The minimum absolute atomic E-state index is 0.0358. The molecule has 0 spiro atoms. The summed E-state index contributed by atoms with van der Waals surface area (Å²) in [7, 11) is 0. The van der Waals surface area contributed by atoms with Gasteiger partial charge in [0.1, 0.15) is 0 Å². The fourth-order valence-electron chi connectivity index (χ4n) is 2.32. The van der Waals surface area contributed by atoms with Crippen molar-refractivity contribution < 1.29 is 14.6 Å². The molecule has 3 rings (SSSR count). The van der Waals surface area contributed by atoms with Crippen LogP contribution in [-0.4, -0.2) is 15.8 Å². The van der Waals surface area contributed by atoms with E-state index in [4.69, 9.17) is 0 Å². The van der Waals surface area contributed by atoms with Crippen molar-refractivity contribution in [3.8, 4) is 0 Å². The number of nitro benzene ring substituents is 2. The lowest BCUT2D eigenvalue weighted by atomic mass is 10.2. The molecule has 9 heteroatoms. The van der Waals surface area contributed by atoms with Crippen LogP contribution in [0.4, 0.5) is 17.1 Å². The van der Waals surface area contributed by atoms with Gasteiger partial charge in [-0.2, -0.15) is 0 Å². The van der Waals surface area contributed by atoms with Gasteiger partial charge in [-0.3, -0.25) is 25.0 Å². The molecule has 0 radical (unpaired) electrons. The third kappa shape index (κ3) is 4.71. The predicted molar refractivity (Wildman–Crippen MR) is 105 cm³/mol. The Balaban J connectivity index is 1.62. The van der Waals surface area contributed by atoms with E-state index >= 15 is 0 Å². The lowest BCUT2D eigenvalue weighted by Crippen LogP contribution is -2.11. The molecule has 0 atom stereocenters. The molecule has 0 aliphatic rings. The summed E-state index contributed by atoms with van der Waals surface area (Å²) in [6.07, 6.45) is 0. The summed E-state index contributed by atoms with van der Waals surface area (Å²) in [4.78, 5) is 34.3. The first-order chi connectivity index (χ1) is 13.4. The normalized spacial score (nSPS) is 10.3. The first kappa shape index (κ1) is 19.1. The number of nitro groups is 2. The Labute approximate surface area is 163 Å². The van der Waals surface area contributed by atoms with Gasteiger partial charge in [-0.05, 0) is 48.5 Å². The van der Waals surface area contributed by atoms with Crippen molar-refractivity contribution in [1.29, 1.82) is 0 Å². The first-order valence-electron chi connectivity index (χ1n) is 8.00. The number of hydrogen-bond acceptors (Lipinski definition) is 6. The Bertz CT molecular complexity index is 1020. The highest BCUT2D eigenvalue weighted by Gasteiger charge is 2.10. The van der Waals surface area contributed by atoms with E-state index in [9.17, 15) is 25.0 Å². The second-order valence-corrected chi connectivity index (χ2v) is 6.78. The number of rotatable bonds is 6. The van der Waals surface area contributed by atoms with Crippen molar-refractivity contribution in [2.24, 2.45) is 0 Å². The molecule has 0 aromatic heterocycles. The summed E-state index contributed by atoms with van der Waals surface area (Å²) in [6, 6.07) is 18.7. The van der Waals surface area contributed by atoms with E-state index in [1.807, 2.05) is 12.1 Å². The van der Waals surface area contributed by atoms with Crippen LogP contribution < -0.4 is 5.32 Å². The minimum atomic E-state index is -0.525. The number of nitrogens with zero attached hydrogens (tertiary/aromatic N) is 2. The molecule has 0 fully saturated rings. The van der Waals surface area contributed by atoms with Crippen LogP contribution in [0.1, 0.15) is 10.4 Å². The molecule has 1 N–H and O–H groups in total. The molecule has 0 saturated heterocycles. The highest BCUT2D eigenvalue weighted by Crippen LogP contribution is 2.29. The summed E-state index contributed by atoms with van der Waals surface area (Å²) in [5.74, 6) is -0.370.